The van der Waals surface area contributed by atoms with Crippen molar-refractivity contribution in [3.05, 3.63) is 96.6 Å². The molecule has 0 saturated heterocycles. The lowest BCUT2D eigenvalue weighted by Gasteiger charge is -2.09. The van der Waals surface area contributed by atoms with Crippen LogP contribution < -0.4 is 10.1 Å². The van der Waals surface area contributed by atoms with E-state index < -0.39 is 0 Å². The third kappa shape index (κ3) is 4.12. The van der Waals surface area contributed by atoms with Crippen LogP contribution in [0.15, 0.2) is 85.3 Å². The lowest BCUT2D eigenvalue weighted by Crippen LogP contribution is -2.23. The summed E-state index contributed by atoms with van der Waals surface area (Å²) in [6, 6.07) is 20.0. The van der Waals surface area contributed by atoms with Crippen molar-refractivity contribution in [1.82, 2.24) is 29.7 Å². The molecule has 0 atom stereocenters. The van der Waals surface area contributed by atoms with Gasteiger partial charge in [0.2, 0.25) is 5.88 Å². The minimum Gasteiger partial charge on any atom is -0.507 e. The molecular weight excluding hydrogens is 468 g/mol. The van der Waals surface area contributed by atoms with Crippen molar-refractivity contribution in [2.75, 3.05) is 7.11 Å². The fourth-order valence-corrected chi connectivity index (χ4v) is 4.33. The highest BCUT2D eigenvalue weighted by Crippen LogP contribution is 2.35. The molecule has 2 aromatic carbocycles. The van der Waals surface area contributed by atoms with Crippen LogP contribution in [0.3, 0.4) is 0 Å². The molecule has 4 aromatic heterocycles. The number of H-pyrrole nitrogens is 1. The molecule has 0 aliphatic heterocycles. The maximum absolute atomic E-state index is 12.9. The summed E-state index contributed by atoms with van der Waals surface area (Å²) in [6.45, 7) is 0.342. The van der Waals surface area contributed by atoms with Crippen molar-refractivity contribution in [1.29, 1.82) is 0 Å². The molecule has 1 amide bonds. The highest BCUT2D eigenvalue weighted by molar-refractivity contribution is 5.97. The van der Waals surface area contributed by atoms with E-state index in [2.05, 4.69) is 25.3 Å². The van der Waals surface area contributed by atoms with Gasteiger partial charge < -0.3 is 24.5 Å². The summed E-state index contributed by atoms with van der Waals surface area (Å²) < 4.78 is 7.32. The van der Waals surface area contributed by atoms with Crippen LogP contribution in [0.1, 0.15) is 16.1 Å². The molecule has 0 radical (unpaired) electrons. The Balaban J connectivity index is 1.27. The van der Waals surface area contributed by atoms with E-state index in [1.165, 1.54) is 0 Å². The van der Waals surface area contributed by atoms with E-state index in [4.69, 9.17) is 4.74 Å². The van der Waals surface area contributed by atoms with E-state index in [-0.39, 0.29) is 11.7 Å². The van der Waals surface area contributed by atoms with E-state index in [1.807, 2.05) is 47.0 Å². The molecule has 0 aliphatic rings. The highest BCUT2D eigenvalue weighted by atomic mass is 16.5. The molecule has 9 nitrogen and oxygen atoms in total. The number of amides is 1. The van der Waals surface area contributed by atoms with Crippen LogP contribution in [-0.4, -0.2) is 42.5 Å². The Hall–Kier alpha value is -5.18. The second-order valence-corrected chi connectivity index (χ2v) is 8.47. The second-order valence-electron chi connectivity index (χ2n) is 8.47. The van der Waals surface area contributed by atoms with Crippen molar-refractivity contribution >= 4 is 22.6 Å². The van der Waals surface area contributed by atoms with Gasteiger partial charge in [-0.2, -0.15) is 0 Å². The van der Waals surface area contributed by atoms with E-state index in [9.17, 15) is 9.90 Å². The number of imidazole rings is 2. The van der Waals surface area contributed by atoms with Crippen LogP contribution in [0.5, 0.6) is 11.6 Å². The van der Waals surface area contributed by atoms with Gasteiger partial charge in [0, 0.05) is 23.5 Å². The van der Waals surface area contributed by atoms with Gasteiger partial charge in [-0.25, -0.2) is 15.0 Å². The lowest BCUT2D eigenvalue weighted by atomic mass is 10.0. The number of hydrogen-bond donors (Lipinski definition) is 3. The van der Waals surface area contributed by atoms with E-state index in [1.54, 1.807) is 49.8 Å². The third-order valence-electron chi connectivity index (χ3n) is 6.19. The van der Waals surface area contributed by atoms with Crippen molar-refractivity contribution in [2.24, 2.45) is 0 Å². The fourth-order valence-electron chi connectivity index (χ4n) is 4.33. The third-order valence-corrected chi connectivity index (χ3v) is 6.19. The fraction of sp³-hybridized carbons (Fsp3) is 0.0714. The number of benzene rings is 2. The van der Waals surface area contributed by atoms with Crippen LogP contribution in [0.4, 0.5) is 0 Å². The van der Waals surface area contributed by atoms with Gasteiger partial charge in [0.25, 0.3) is 5.91 Å². The molecule has 37 heavy (non-hydrogen) atoms. The Labute approximate surface area is 211 Å². The van der Waals surface area contributed by atoms with Gasteiger partial charge >= 0.3 is 0 Å². The lowest BCUT2D eigenvalue weighted by molar-refractivity contribution is 0.0950. The maximum atomic E-state index is 12.9. The Morgan fingerprint density at radius 2 is 1.97 bits per heavy atom. The summed E-state index contributed by atoms with van der Waals surface area (Å²) >= 11 is 0. The average molecular weight is 491 g/mol. The number of methoxy groups -OCH3 is 1. The molecule has 182 valence electrons. The van der Waals surface area contributed by atoms with Crippen LogP contribution in [0.2, 0.25) is 0 Å². The molecule has 0 spiro atoms. The minimum absolute atomic E-state index is 0.0802. The van der Waals surface area contributed by atoms with E-state index in [0.29, 0.717) is 40.4 Å². The van der Waals surface area contributed by atoms with Crippen LogP contribution in [-0.2, 0) is 6.54 Å². The summed E-state index contributed by atoms with van der Waals surface area (Å²) in [7, 11) is 1.57. The van der Waals surface area contributed by atoms with Gasteiger partial charge in [0.15, 0.2) is 0 Å². The van der Waals surface area contributed by atoms with Gasteiger partial charge in [0.05, 0.1) is 42.1 Å². The van der Waals surface area contributed by atoms with Gasteiger partial charge in [-0.1, -0.05) is 12.1 Å². The van der Waals surface area contributed by atoms with E-state index in [0.717, 1.165) is 22.5 Å². The quantitative estimate of drug-likeness (QED) is 0.315. The number of phenolic OH excluding ortho intramolecular Hbond substituents is 1. The Morgan fingerprint density at radius 3 is 2.86 bits per heavy atom. The SMILES string of the molecule is COc1ncccc1-c1ccc(O)c(-c2nc3ccc(C(=O)NCc4cnc5ccccn45)cc3[nH]2)c1. The van der Waals surface area contributed by atoms with Crippen LogP contribution in [0.25, 0.3) is 39.2 Å². The van der Waals surface area contributed by atoms with Gasteiger partial charge in [-0.05, 0) is 60.2 Å². The maximum Gasteiger partial charge on any atom is 0.251 e. The zero-order chi connectivity index (χ0) is 25.4. The second kappa shape index (κ2) is 9.12. The van der Waals surface area contributed by atoms with Crippen molar-refractivity contribution in [3.8, 4) is 34.1 Å². The first-order valence-corrected chi connectivity index (χ1v) is 11.6. The number of rotatable bonds is 6. The molecule has 6 rings (SSSR count). The molecule has 0 bridgehead atoms. The van der Waals surface area contributed by atoms with Gasteiger partial charge in [-0.3, -0.25) is 4.79 Å². The predicted octanol–water partition coefficient (Wildman–Crippen LogP) is 4.58. The first-order chi connectivity index (χ1) is 18.1. The molecule has 0 aliphatic carbocycles. The average Bonchev–Trinajstić information content (AvgIpc) is 3.55. The number of carbonyl (C=O) groups is 1. The number of ether oxygens (including phenoxy) is 1. The summed E-state index contributed by atoms with van der Waals surface area (Å²) in [4.78, 5) is 29.4. The number of fused-ring (bicyclic) bond motifs is 2. The molecule has 0 saturated carbocycles. The minimum atomic E-state index is -0.211. The smallest absolute Gasteiger partial charge is 0.251 e. The Kier molecular flexibility index (Phi) is 5.49. The first-order valence-electron chi connectivity index (χ1n) is 11.6. The van der Waals surface area contributed by atoms with Crippen LogP contribution >= 0.6 is 0 Å². The van der Waals surface area contributed by atoms with Crippen molar-refractivity contribution < 1.29 is 14.6 Å². The summed E-state index contributed by atoms with van der Waals surface area (Å²) in [6.07, 6.45) is 5.33. The standard InChI is InChI=1S/C28H22N6O3/c1-37-28-20(5-4-11-29-28)17-8-10-24(35)21(13-17)26-32-22-9-7-18(14-23(22)33-26)27(36)31-16-19-15-30-25-6-2-3-12-34(19)25/h2-15,35H,16H2,1H3,(H,31,36)(H,32,33). The summed E-state index contributed by atoms with van der Waals surface area (Å²) in [5.74, 6) is 0.845. The zero-order valence-electron chi connectivity index (χ0n) is 19.8. The molecule has 0 unspecified atom stereocenters. The molecule has 9 heteroatoms. The van der Waals surface area contributed by atoms with E-state index >= 15 is 0 Å². The molecule has 6 aromatic rings. The summed E-state index contributed by atoms with van der Waals surface area (Å²) in [5.41, 5.74) is 5.71. The Bertz CT molecular complexity index is 1770. The number of pyridine rings is 2. The number of aromatic nitrogens is 5. The first kappa shape index (κ1) is 22.3. The number of aromatic hydroxyl groups is 1. The molecule has 0 fully saturated rings. The number of nitrogens with zero attached hydrogens (tertiary/aromatic N) is 4. The highest BCUT2D eigenvalue weighted by Gasteiger charge is 2.15. The normalized spacial score (nSPS) is 11.2. The Morgan fingerprint density at radius 1 is 1.05 bits per heavy atom. The monoisotopic (exact) mass is 490 g/mol. The number of nitrogens with one attached hydrogen (secondary N) is 2. The topological polar surface area (TPSA) is 117 Å². The largest absolute Gasteiger partial charge is 0.507 e. The number of phenols is 1. The predicted molar refractivity (Wildman–Crippen MR) is 139 cm³/mol. The van der Waals surface area contributed by atoms with Crippen LogP contribution in [0, 0.1) is 0 Å². The zero-order valence-corrected chi connectivity index (χ0v) is 19.8. The van der Waals surface area contributed by atoms with Gasteiger partial charge in [-0.15, -0.1) is 0 Å². The number of aromatic amines is 1. The molecule has 4 heterocycles. The van der Waals surface area contributed by atoms with Crippen molar-refractivity contribution in [3.63, 3.8) is 0 Å². The van der Waals surface area contributed by atoms with Crippen molar-refractivity contribution in [2.45, 2.75) is 6.54 Å². The van der Waals surface area contributed by atoms with Gasteiger partial charge in [0.1, 0.15) is 17.2 Å². The number of carbonyl (C=O) groups excluding carboxylic acids is 1. The summed E-state index contributed by atoms with van der Waals surface area (Å²) in [5, 5.41) is 13.5. The molecular formula is C28H22N6O3. The number of hydrogen-bond acceptors (Lipinski definition) is 6. The molecule has 3 N–H and O–H groups in total.